The minimum Gasteiger partial charge on any atom is -0.304 e. The van der Waals surface area contributed by atoms with Gasteiger partial charge in [-0.3, -0.25) is 9.88 Å². The molecular weight excluding hydrogens is 381 g/mol. The molecule has 0 spiro atoms. The first-order valence-corrected chi connectivity index (χ1v) is 12.3. The molecule has 0 aromatic heterocycles. The minimum atomic E-state index is -3.63. The van der Waals surface area contributed by atoms with Crippen molar-refractivity contribution in [2.24, 2.45) is 0 Å². The molecule has 29 heavy (non-hydrogen) atoms. The van der Waals surface area contributed by atoms with Gasteiger partial charge in [0.05, 0.1) is 12.2 Å². The average molecular weight is 416 g/mol. The topological polar surface area (TPSA) is 47.6 Å². The van der Waals surface area contributed by atoms with Gasteiger partial charge >= 0.3 is 7.60 Å². The van der Waals surface area contributed by atoms with Gasteiger partial charge < -0.3 is 9.05 Å². The Bertz CT molecular complexity index is 818. The predicted octanol–water partition coefficient (Wildman–Crippen LogP) is 6.69. The van der Waals surface area contributed by atoms with Gasteiger partial charge in [0.2, 0.25) is 0 Å². The van der Waals surface area contributed by atoms with E-state index in [9.17, 15) is 4.57 Å². The molecule has 1 N–H and O–H groups in total. The average Bonchev–Trinajstić information content (AvgIpc) is 2.96. The highest BCUT2D eigenvalue weighted by atomic mass is 31.2. The van der Waals surface area contributed by atoms with Gasteiger partial charge in [-0.05, 0) is 62.9 Å². The second-order valence-electron chi connectivity index (χ2n) is 8.24. The molecule has 1 aliphatic rings. The van der Waals surface area contributed by atoms with Crippen molar-refractivity contribution in [1.82, 2.24) is 5.32 Å². The first kappa shape index (κ1) is 22.2. The van der Waals surface area contributed by atoms with Crippen molar-refractivity contribution in [1.29, 1.82) is 0 Å². The third-order valence-corrected chi connectivity index (χ3v) is 8.05. The number of rotatable bonds is 10. The Morgan fingerprint density at radius 1 is 0.862 bits per heavy atom. The summed E-state index contributed by atoms with van der Waals surface area (Å²) in [6, 6.07) is 16.4. The van der Waals surface area contributed by atoms with Crippen molar-refractivity contribution in [3.63, 3.8) is 0 Å². The summed E-state index contributed by atoms with van der Waals surface area (Å²) in [6.45, 7) is 10.6. The fourth-order valence-electron chi connectivity index (χ4n) is 4.18. The van der Waals surface area contributed by atoms with Crippen LogP contribution in [-0.4, -0.2) is 18.8 Å². The van der Waals surface area contributed by atoms with Crippen molar-refractivity contribution >= 4 is 7.60 Å². The van der Waals surface area contributed by atoms with Crippen LogP contribution in [0, 0.1) is 0 Å². The summed E-state index contributed by atoms with van der Waals surface area (Å²) >= 11 is 0. The molecule has 3 rings (SSSR count). The van der Waals surface area contributed by atoms with Gasteiger partial charge in [0, 0.05) is 0 Å². The first-order chi connectivity index (χ1) is 13.9. The normalized spacial score (nSPS) is 15.0. The van der Waals surface area contributed by atoms with Gasteiger partial charge in [-0.15, -0.1) is 0 Å². The standard InChI is InChI=1S/C24H34NO3P/c1-6-7-12-17-25-24(29(26,27-18(2)3)28-19(4)5)22-15-10-8-13-20(22)21-14-9-11-16-23(21)24/h8-11,13-16,18-19,25H,6-7,12,17H2,1-5H3. The monoisotopic (exact) mass is 415 g/mol. The third-order valence-electron chi connectivity index (χ3n) is 5.20. The number of hydrogen-bond donors (Lipinski definition) is 1. The molecule has 2 aromatic rings. The molecule has 2 aromatic carbocycles. The third kappa shape index (κ3) is 4.09. The molecule has 0 saturated carbocycles. The van der Waals surface area contributed by atoms with Crippen molar-refractivity contribution < 1.29 is 13.6 Å². The summed E-state index contributed by atoms with van der Waals surface area (Å²) in [6.07, 6.45) is 2.80. The Balaban J connectivity index is 2.25. The molecular formula is C24H34NO3P. The van der Waals surface area contributed by atoms with E-state index in [1.807, 2.05) is 52.0 Å². The lowest BCUT2D eigenvalue weighted by molar-refractivity contribution is 0.125. The number of hydrogen-bond acceptors (Lipinski definition) is 4. The maximum absolute atomic E-state index is 14.6. The molecule has 0 bridgehead atoms. The van der Waals surface area contributed by atoms with Crippen LogP contribution in [0.2, 0.25) is 0 Å². The van der Waals surface area contributed by atoms with Crippen LogP contribution in [0.4, 0.5) is 0 Å². The van der Waals surface area contributed by atoms with Crippen LogP contribution in [0.1, 0.15) is 65.0 Å². The second-order valence-corrected chi connectivity index (χ2v) is 10.3. The van der Waals surface area contributed by atoms with Gasteiger partial charge in [-0.25, -0.2) is 0 Å². The summed E-state index contributed by atoms with van der Waals surface area (Å²) < 4.78 is 27.0. The Labute approximate surface area is 175 Å². The highest BCUT2D eigenvalue weighted by Gasteiger charge is 2.59. The Hall–Kier alpha value is -1.45. The van der Waals surface area contributed by atoms with E-state index >= 15 is 0 Å². The molecule has 0 heterocycles. The van der Waals surface area contributed by atoms with Gasteiger partial charge in [0.15, 0.2) is 5.28 Å². The van der Waals surface area contributed by atoms with Crippen LogP contribution in [-0.2, 0) is 18.9 Å². The Morgan fingerprint density at radius 2 is 1.34 bits per heavy atom. The summed E-state index contributed by atoms with van der Waals surface area (Å²) in [7, 11) is -3.63. The minimum absolute atomic E-state index is 0.228. The van der Waals surface area contributed by atoms with Crippen LogP contribution in [0.5, 0.6) is 0 Å². The van der Waals surface area contributed by atoms with Crippen LogP contribution >= 0.6 is 7.60 Å². The smallest absolute Gasteiger partial charge is 0.304 e. The van der Waals surface area contributed by atoms with Gasteiger partial charge in [0.25, 0.3) is 0 Å². The summed E-state index contributed by atoms with van der Waals surface area (Å²) in [4.78, 5) is 0. The van der Waals surface area contributed by atoms with E-state index < -0.39 is 12.9 Å². The van der Waals surface area contributed by atoms with Crippen molar-refractivity contribution in [3.05, 3.63) is 59.7 Å². The van der Waals surface area contributed by atoms with Crippen LogP contribution in [0.3, 0.4) is 0 Å². The van der Waals surface area contributed by atoms with Crippen LogP contribution in [0.25, 0.3) is 11.1 Å². The maximum atomic E-state index is 14.6. The summed E-state index contributed by atoms with van der Waals surface area (Å²) in [5.74, 6) is 0. The molecule has 5 heteroatoms. The second kappa shape index (κ2) is 9.14. The molecule has 0 unspecified atom stereocenters. The Morgan fingerprint density at radius 3 is 1.79 bits per heavy atom. The van der Waals surface area contributed by atoms with E-state index in [1.54, 1.807) is 0 Å². The molecule has 158 valence electrons. The molecule has 1 aliphatic carbocycles. The van der Waals surface area contributed by atoms with Crippen LogP contribution in [0.15, 0.2) is 48.5 Å². The SMILES string of the molecule is CCCCCNC1(P(=O)(OC(C)C)OC(C)C)c2ccccc2-c2ccccc21. The van der Waals surface area contributed by atoms with E-state index in [1.165, 1.54) is 0 Å². The number of nitrogens with one attached hydrogen (secondary N) is 1. The van der Waals surface area contributed by atoms with Gasteiger partial charge in [-0.1, -0.05) is 68.3 Å². The molecule has 0 radical (unpaired) electrons. The fourth-order valence-corrected chi connectivity index (χ4v) is 6.94. The van der Waals surface area contributed by atoms with Gasteiger partial charge in [0.1, 0.15) is 0 Å². The lowest BCUT2D eigenvalue weighted by Crippen LogP contribution is -2.44. The maximum Gasteiger partial charge on any atom is 0.360 e. The first-order valence-electron chi connectivity index (χ1n) is 10.8. The molecule has 0 amide bonds. The van der Waals surface area contributed by atoms with Crippen molar-refractivity contribution in [2.75, 3.05) is 6.54 Å². The molecule has 0 aliphatic heterocycles. The highest BCUT2D eigenvalue weighted by molar-refractivity contribution is 7.55. The molecule has 0 fully saturated rings. The zero-order valence-corrected chi connectivity index (χ0v) is 19.2. The molecule has 0 saturated heterocycles. The zero-order chi connectivity index (χ0) is 21.1. The lowest BCUT2D eigenvalue weighted by atomic mass is 10.0. The quantitative estimate of drug-likeness (QED) is 0.347. The Kier molecular flexibility index (Phi) is 7.01. The fraction of sp³-hybridized carbons (Fsp3) is 0.500. The number of fused-ring (bicyclic) bond motifs is 3. The number of benzene rings is 2. The molecule has 4 nitrogen and oxygen atoms in total. The van der Waals surface area contributed by atoms with E-state index in [-0.39, 0.29) is 12.2 Å². The van der Waals surface area contributed by atoms with E-state index in [0.717, 1.165) is 48.1 Å². The van der Waals surface area contributed by atoms with E-state index in [4.69, 9.17) is 9.05 Å². The predicted molar refractivity (Wildman–Crippen MR) is 120 cm³/mol. The van der Waals surface area contributed by atoms with E-state index in [0.29, 0.717) is 0 Å². The summed E-state index contributed by atoms with van der Waals surface area (Å²) in [5, 5.41) is 2.67. The van der Waals surface area contributed by atoms with E-state index in [2.05, 4.69) is 36.5 Å². The van der Waals surface area contributed by atoms with Gasteiger partial charge in [-0.2, -0.15) is 0 Å². The van der Waals surface area contributed by atoms with Crippen molar-refractivity contribution in [2.45, 2.75) is 71.4 Å². The largest absolute Gasteiger partial charge is 0.360 e. The summed E-state index contributed by atoms with van der Waals surface area (Å²) in [5.41, 5.74) is 4.13. The number of unbranched alkanes of at least 4 members (excludes halogenated alkanes) is 2. The van der Waals surface area contributed by atoms with Crippen LogP contribution < -0.4 is 5.32 Å². The lowest BCUT2D eigenvalue weighted by Gasteiger charge is -2.40. The zero-order valence-electron chi connectivity index (χ0n) is 18.3. The highest BCUT2D eigenvalue weighted by Crippen LogP contribution is 2.71. The molecule has 0 atom stereocenters. The van der Waals surface area contributed by atoms with Crippen molar-refractivity contribution in [3.8, 4) is 11.1 Å².